The lowest BCUT2D eigenvalue weighted by atomic mass is 9.80. The lowest BCUT2D eigenvalue weighted by Gasteiger charge is -2.36. The fraction of sp³-hybridized carbons (Fsp3) is 0.812. The zero-order valence-corrected chi connectivity index (χ0v) is 11.7. The third-order valence-corrected chi connectivity index (χ3v) is 6.00. The van der Waals surface area contributed by atoms with Crippen LogP contribution in [-0.4, -0.2) is 40.4 Å². The van der Waals surface area contributed by atoms with Gasteiger partial charge in [-0.25, -0.2) is 0 Å². The van der Waals surface area contributed by atoms with E-state index in [1.54, 1.807) is 6.92 Å². The van der Waals surface area contributed by atoms with Gasteiger partial charge in [-0.1, -0.05) is 6.08 Å². The molecule has 4 rings (SSSR count). The van der Waals surface area contributed by atoms with Gasteiger partial charge in [-0.05, 0) is 43.9 Å². The van der Waals surface area contributed by atoms with Crippen molar-refractivity contribution < 1.29 is 19.7 Å². The van der Waals surface area contributed by atoms with Crippen molar-refractivity contribution in [1.82, 2.24) is 0 Å². The van der Waals surface area contributed by atoms with Crippen LogP contribution in [0.1, 0.15) is 32.6 Å². The van der Waals surface area contributed by atoms with Crippen molar-refractivity contribution in [2.45, 2.75) is 57.0 Å². The Hall–Kier alpha value is -0.710. The highest BCUT2D eigenvalue weighted by atomic mass is 16.5. The number of ketones is 1. The summed E-state index contributed by atoms with van der Waals surface area (Å²) in [6.07, 6.45) is 3.74. The first-order valence-electron chi connectivity index (χ1n) is 7.83. The zero-order valence-electron chi connectivity index (χ0n) is 11.7. The summed E-state index contributed by atoms with van der Waals surface area (Å²) < 4.78 is 5.78. The van der Waals surface area contributed by atoms with Crippen molar-refractivity contribution >= 4 is 5.78 Å². The highest BCUT2D eigenvalue weighted by molar-refractivity contribution is 6.01. The summed E-state index contributed by atoms with van der Waals surface area (Å²) in [7, 11) is 0. The van der Waals surface area contributed by atoms with Gasteiger partial charge in [0.2, 0.25) is 0 Å². The largest absolute Gasteiger partial charge is 0.390 e. The Morgan fingerprint density at radius 2 is 1.95 bits per heavy atom. The second-order valence-corrected chi connectivity index (χ2v) is 7.05. The topological polar surface area (TPSA) is 66.8 Å². The first-order chi connectivity index (χ1) is 9.56. The molecule has 1 aliphatic heterocycles. The molecule has 110 valence electrons. The fourth-order valence-electron chi connectivity index (χ4n) is 4.98. The molecule has 4 heteroatoms. The van der Waals surface area contributed by atoms with E-state index in [0.29, 0.717) is 24.2 Å². The summed E-state index contributed by atoms with van der Waals surface area (Å²) in [4.78, 5) is 12.7. The van der Waals surface area contributed by atoms with Crippen LogP contribution in [0, 0.1) is 23.7 Å². The average molecular weight is 278 g/mol. The smallest absolute Gasteiger partial charge is 0.165 e. The Morgan fingerprint density at radius 1 is 1.20 bits per heavy atom. The number of carbonyl (C=O) groups excluding carboxylic acids is 1. The molecule has 1 saturated heterocycles. The summed E-state index contributed by atoms with van der Waals surface area (Å²) in [6, 6.07) is 0. The predicted octanol–water partition coefficient (Wildman–Crippen LogP) is 1.06. The minimum absolute atomic E-state index is 0.187. The standard InChI is InChI=1S/C16H22O4/c1-7-15(18)12(17)6-13(20-7)11-5-10-8-2-3-9(4-8)14(10)16(11)19/h5,7-10,12-15,17-18H,2-4,6H2,1H3. The molecule has 0 aromatic carbocycles. The third-order valence-electron chi connectivity index (χ3n) is 6.00. The van der Waals surface area contributed by atoms with Crippen LogP contribution in [0.2, 0.25) is 0 Å². The molecular formula is C16H22O4. The minimum Gasteiger partial charge on any atom is -0.390 e. The van der Waals surface area contributed by atoms with Gasteiger partial charge < -0.3 is 14.9 Å². The molecule has 3 aliphatic carbocycles. The normalized spacial score (nSPS) is 54.1. The molecule has 0 spiro atoms. The van der Waals surface area contributed by atoms with Crippen LogP contribution in [0.5, 0.6) is 0 Å². The molecule has 4 aliphatic rings. The monoisotopic (exact) mass is 278 g/mol. The van der Waals surface area contributed by atoms with Crippen molar-refractivity contribution in [1.29, 1.82) is 0 Å². The van der Waals surface area contributed by atoms with Crippen molar-refractivity contribution in [3.05, 3.63) is 11.6 Å². The molecule has 4 nitrogen and oxygen atoms in total. The van der Waals surface area contributed by atoms with E-state index in [9.17, 15) is 15.0 Å². The van der Waals surface area contributed by atoms with Gasteiger partial charge in [0.25, 0.3) is 0 Å². The number of rotatable bonds is 1. The van der Waals surface area contributed by atoms with Crippen LogP contribution in [-0.2, 0) is 9.53 Å². The second-order valence-electron chi connectivity index (χ2n) is 7.05. The summed E-state index contributed by atoms with van der Waals surface area (Å²) in [5.41, 5.74) is 0.773. The van der Waals surface area contributed by atoms with Crippen LogP contribution >= 0.6 is 0 Å². The van der Waals surface area contributed by atoms with Gasteiger partial charge in [-0.3, -0.25) is 4.79 Å². The highest BCUT2D eigenvalue weighted by Gasteiger charge is 2.55. The molecule has 3 fully saturated rings. The SMILES string of the molecule is CC1OC(C2=CC3C4CCC(C4)C3C2=O)CC(O)C1O. The van der Waals surface area contributed by atoms with E-state index in [2.05, 4.69) is 6.08 Å². The van der Waals surface area contributed by atoms with Gasteiger partial charge in [0.05, 0.1) is 18.3 Å². The van der Waals surface area contributed by atoms with Crippen molar-refractivity contribution in [2.24, 2.45) is 23.7 Å². The quantitative estimate of drug-likeness (QED) is 0.752. The molecule has 8 atom stereocenters. The Morgan fingerprint density at radius 3 is 2.65 bits per heavy atom. The first kappa shape index (κ1) is 13.0. The van der Waals surface area contributed by atoms with Gasteiger partial charge in [0.1, 0.15) is 6.10 Å². The van der Waals surface area contributed by atoms with Crippen LogP contribution in [0.4, 0.5) is 0 Å². The lowest BCUT2D eigenvalue weighted by Crippen LogP contribution is -2.48. The molecule has 0 radical (unpaired) electrons. The molecule has 20 heavy (non-hydrogen) atoms. The maximum absolute atomic E-state index is 12.7. The Bertz CT molecular complexity index is 459. The number of ether oxygens (including phenoxy) is 1. The Labute approximate surface area is 118 Å². The van der Waals surface area contributed by atoms with Crippen LogP contribution in [0.3, 0.4) is 0 Å². The van der Waals surface area contributed by atoms with E-state index in [4.69, 9.17) is 4.74 Å². The van der Waals surface area contributed by atoms with E-state index in [1.165, 1.54) is 19.3 Å². The van der Waals surface area contributed by atoms with E-state index >= 15 is 0 Å². The number of aliphatic hydroxyl groups is 2. The van der Waals surface area contributed by atoms with Gasteiger partial charge in [0, 0.05) is 17.9 Å². The minimum atomic E-state index is -0.848. The maximum Gasteiger partial charge on any atom is 0.165 e. The molecule has 2 N–H and O–H groups in total. The molecule has 0 amide bonds. The third kappa shape index (κ3) is 1.68. The number of allylic oxidation sites excluding steroid dienone is 1. The molecule has 2 saturated carbocycles. The molecule has 0 aromatic heterocycles. The number of fused-ring (bicyclic) bond motifs is 5. The zero-order chi connectivity index (χ0) is 14.0. The molecule has 1 heterocycles. The van der Waals surface area contributed by atoms with Crippen molar-refractivity contribution in [3.63, 3.8) is 0 Å². The van der Waals surface area contributed by atoms with Gasteiger partial charge in [-0.15, -0.1) is 0 Å². The molecule has 0 aromatic rings. The van der Waals surface area contributed by atoms with Gasteiger partial charge >= 0.3 is 0 Å². The molecular weight excluding hydrogens is 256 g/mol. The predicted molar refractivity (Wildman–Crippen MR) is 71.9 cm³/mol. The van der Waals surface area contributed by atoms with E-state index in [1.807, 2.05) is 0 Å². The first-order valence-corrected chi connectivity index (χ1v) is 7.83. The van der Waals surface area contributed by atoms with Gasteiger partial charge in [0.15, 0.2) is 5.78 Å². The molecule has 8 unspecified atom stereocenters. The van der Waals surface area contributed by atoms with Gasteiger partial charge in [-0.2, -0.15) is 0 Å². The highest BCUT2D eigenvalue weighted by Crippen LogP contribution is 2.57. The Kier molecular flexibility index (Phi) is 2.85. The summed E-state index contributed by atoms with van der Waals surface area (Å²) in [5, 5.41) is 19.7. The number of carbonyl (C=O) groups is 1. The van der Waals surface area contributed by atoms with Crippen LogP contribution < -0.4 is 0 Å². The van der Waals surface area contributed by atoms with Crippen LogP contribution in [0.25, 0.3) is 0 Å². The second kappa shape index (κ2) is 4.39. The fourth-order valence-corrected chi connectivity index (χ4v) is 4.98. The number of hydrogen-bond acceptors (Lipinski definition) is 4. The van der Waals surface area contributed by atoms with E-state index in [-0.39, 0.29) is 17.8 Å². The number of aliphatic hydroxyl groups excluding tert-OH is 2. The number of Topliss-reactive ketones (excluding diaryl/α,β-unsaturated/α-hetero) is 1. The summed E-state index contributed by atoms with van der Waals surface area (Å²) >= 11 is 0. The van der Waals surface area contributed by atoms with E-state index < -0.39 is 18.3 Å². The van der Waals surface area contributed by atoms with E-state index in [0.717, 1.165) is 5.57 Å². The van der Waals surface area contributed by atoms with Crippen molar-refractivity contribution in [3.8, 4) is 0 Å². The lowest BCUT2D eigenvalue weighted by molar-refractivity contribution is -0.154. The van der Waals surface area contributed by atoms with Crippen LogP contribution in [0.15, 0.2) is 11.6 Å². The maximum atomic E-state index is 12.7. The number of hydrogen-bond donors (Lipinski definition) is 2. The van der Waals surface area contributed by atoms with Crippen molar-refractivity contribution in [2.75, 3.05) is 0 Å². The average Bonchev–Trinajstić information content (AvgIpc) is 3.08. The summed E-state index contributed by atoms with van der Waals surface area (Å²) in [6.45, 7) is 1.75. The summed E-state index contributed by atoms with van der Waals surface area (Å²) in [5.74, 6) is 2.11. The Balaban J connectivity index is 1.58. The molecule has 2 bridgehead atoms.